The second-order valence-corrected chi connectivity index (χ2v) is 5.98. The van der Waals surface area contributed by atoms with E-state index in [1.165, 1.54) is 18.3 Å². The van der Waals surface area contributed by atoms with Gasteiger partial charge in [0.2, 0.25) is 10.0 Å². The number of aliphatic hydroxyl groups is 1. The number of rotatable bonds is 5. The molecule has 0 radical (unpaired) electrons. The molecule has 0 amide bonds. The fourth-order valence-corrected chi connectivity index (χ4v) is 2.54. The highest BCUT2D eigenvalue weighted by Crippen LogP contribution is 2.10. The van der Waals surface area contributed by atoms with E-state index in [1.807, 2.05) is 0 Å². The maximum atomic E-state index is 12.0. The summed E-state index contributed by atoms with van der Waals surface area (Å²) in [5.74, 6) is 0.267. The zero-order valence-electron chi connectivity index (χ0n) is 10.7. The largest absolute Gasteiger partial charge is 0.392 e. The van der Waals surface area contributed by atoms with Crippen LogP contribution >= 0.6 is 0 Å². The van der Waals surface area contributed by atoms with Gasteiger partial charge in [-0.1, -0.05) is 24.3 Å². The van der Waals surface area contributed by atoms with E-state index in [0.717, 1.165) is 11.1 Å². The lowest BCUT2D eigenvalue weighted by molar-refractivity contribution is 0.282. The van der Waals surface area contributed by atoms with Crippen molar-refractivity contribution in [2.75, 3.05) is 5.73 Å². The first kappa shape index (κ1) is 14.4. The number of nitrogens with one attached hydrogen (secondary N) is 1. The van der Waals surface area contributed by atoms with Crippen molar-refractivity contribution in [1.29, 1.82) is 0 Å². The van der Waals surface area contributed by atoms with Gasteiger partial charge in [-0.2, -0.15) is 0 Å². The van der Waals surface area contributed by atoms with Crippen molar-refractivity contribution in [2.24, 2.45) is 0 Å². The number of pyridine rings is 1. The van der Waals surface area contributed by atoms with Gasteiger partial charge in [-0.05, 0) is 23.3 Å². The Hall–Kier alpha value is -1.96. The molecule has 0 saturated carbocycles. The number of hydrogen-bond donors (Lipinski definition) is 3. The molecule has 7 heteroatoms. The van der Waals surface area contributed by atoms with Crippen LogP contribution in [0.15, 0.2) is 47.5 Å². The summed E-state index contributed by atoms with van der Waals surface area (Å²) >= 11 is 0. The Morgan fingerprint density at radius 3 is 2.30 bits per heavy atom. The molecule has 0 aliphatic heterocycles. The van der Waals surface area contributed by atoms with Crippen LogP contribution in [0.3, 0.4) is 0 Å². The van der Waals surface area contributed by atoms with E-state index in [-0.39, 0.29) is 23.9 Å². The van der Waals surface area contributed by atoms with E-state index >= 15 is 0 Å². The summed E-state index contributed by atoms with van der Waals surface area (Å²) < 4.78 is 26.5. The van der Waals surface area contributed by atoms with Crippen molar-refractivity contribution >= 4 is 15.8 Å². The minimum Gasteiger partial charge on any atom is -0.392 e. The standard InChI is InChI=1S/C13H15N3O3S/c14-13-6-5-12(8-15-13)20(18,19)16-7-10-1-3-11(9-17)4-2-10/h1-6,8,16-17H,7,9H2,(H2,14,15). The number of anilines is 1. The normalized spacial score (nSPS) is 11.4. The lowest BCUT2D eigenvalue weighted by Crippen LogP contribution is -2.23. The minimum atomic E-state index is -3.61. The van der Waals surface area contributed by atoms with Crippen LogP contribution in [0.5, 0.6) is 0 Å². The molecule has 4 N–H and O–H groups in total. The number of nitrogen functional groups attached to an aromatic ring is 1. The number of nitrogens with two attached hydrogens (primary N) is 1. The maximum Gasteiger partial charge on any atom is 0.242 e. The van der Waals surface area contributed by atoms with E-state index in [4.69, 9.17) is 10.8 Å². The summed E-state index contributed by atoms with van der Waals surface area (Å²) in [6.45, 7) is 0.127. The quantitative estimate of drug-likeness (QED) is 0.750. The predicted octanol–water partition coefficient (Wildman–Crippen LogP) is 0.635. The molecule has 0 saturated heterocycles. The minimum absolute atomic E-state index is 0.0386. The van der Waals surface area contributed by atoms with Crippen molar-refractivity contribution in [1.82, 2.24) is 9.71 Å². The van der Waals surface area contributed by atoms with Gasteiger partial charge in [-0.15, -0.1) is 0 Å². The highest BCUT2D eigenvalue weighted by Gasteiger charge is 2.13. The summed E-state index contributed by atoms with van der Waals surface area (Å²) in [5, 5.41) is 8.93. The second-order valence-electron chi connectivity index (χ2n) is 4.22. The molecule has 0 spiro atoms. The Balaban J connectivity index is 2.06. The van der Waals surface area contributed by atoms with Gasteiger partial charge < -0.3 is 10.8 Å². The Bertz CT molecular complexity index is 667. The topological polar surface area (TPSA) is 105 Å². The molecule has 0 aliphatic rings. The highest BCUT2D eigenvalue weighted by molar-refractivity contribution is 7.89. The first-order valence-corrected chi connectivity index (χ1v) is 7.39. The first-order valence-electron chi connectivity index (χ1n) is 5.91. The third-order valence-electron chi connectivity index (χ3n) is 2.74. The molecular formula is C13H15N3O3S. The molecule has 1 aromatic heterocycles. The molecule has 2 aromatic rings. The summed E-state index contributed by atoms with van der Waals surface area (Å²) in [6, 6.07) is 9.84. The Morgan fingerprint density at radius 1 is 1.10 bits per heavy atom. The van der Waals surface area contributed by atoms with Gasteiger partial charge >= 0.3 is 0 Å². The maximum absolute atomic E-state index is 12.0. The number of aromatic nitrogens is 1. The Labute approximate surface area is 117 Å². The lowest BCUT2D eigenvalue weighted by atomic mass is 10.1. The van der Waals surface area contributed by atoms with Gasteiger partial charge in [-0.25, -0.2) is 18.1 Å². The molecule has 0 unspecified atom stereocenters. The highest BCUT2D eigenvalue weighted by atomic mass is 32.2. The molecule has 1 aromatic carbocycles. The Kier molecular flexibility index (Phi) is 4.33. The molecule has 1 heterocycles. The predicted molar refractivity (Wildman–Crippen MR) is 75.0 cm³/mol. The average molecular weight is 293 g/mol. The number of nitrogens with zero attached hydrogens (tertiary/aromatic N) is 1. The molecule has 0 fully saturated rings. The third-order valence-corrected chi connectivity index (χ3v) is 4.13. The zero-order valence-corrected chi connectivity index (χ0v) is 11.5. The second kappa shape index (κ2) is 6.00. The van der Waals surface area contributed by atoms with Crippen LogP contribution in [0, 0.1) is 0 Å². The van der Waals surface area contributed by atoms with Crippen LogP contribution in [0.2, 0.25) is 0 Å². The van der Waals surface area contributed by atoms with E-state index in [2.05, 4.69) is 9.71 Å². The molecule has 6 nitrogen and oxygen atoms in total. The monoisotopic (exact) mass is 293 g/mol. The van der Waals surface area contributed by atoms with Crippen LogP contribution < -0.4 is 10.5 Å². The molecule has 106 valence electrons. The summed E-state index contributed by atoms with van der Waals surface area (Å²) in [6.07, 6.45) is 1.21. The average Bonchev–Trinajstić information content (AvgIpc) is 2.46. The fraction of sp³-hybridized carbons (Fsp3) is 0.154. The van der Waals surface area contributed by atoms with E-state index in [1.54, 1.807) is 24.3 Å². The van der Waals surface area contributed by atoms with Gasteiger partial charge in [0, 0.05) is 12.7 Å². The van der Waals surface area contributed by atoms with Crippen molar-refractivity contribution in [3.8, 4) is 0 Å². The van der Waals surface area contributed by atoms with Crippen LogP contribution in [0.25, 0.3) is 0 Å². The van der Waals surface area contributed by atoms with Crippen molar-refractivity contribution < 1.29 is 13.5 Å². The SMILES string of the molecule is Nc1ccc(S(=O)(=O)NCc2ccc(CO)cc2)cn1. The smallest absolute Gasteiger partial charge is 0.242 e. The molecule has 2 rings (SSSR count). The van der Waals surface area contributed by atoms with E-state index in [9.17, 15) is 8.42 Å². The summed E-state index contributed by atoms with van der Waals surface area (Å²) in [5.41, 5.74) is 6.99. The van der Waals surface area contributed by atoms with Crippen molar-refractivity contribution in [2.45, 2.75) is 18.0 Å². The number of benzene rings is 1. The molecule has 0 aliphatic carbocycles. The van der Waals surface area contributed by atoms with Crippen molar-refractivity contribution in [3.63, 3.8) is 0 Å². The van der Waals surface area contributed by atoms with E-state index in [0.29, 0.717) is 0 Å². The van der Waals surface area contributed by atoms with Crippen molar-refractivity contribution in [3.05, 3.63) is 53.7 Å². The van der Waals surface area contributed by atoms with Gasteiger partial charge in [0.05, 0.1) is 6.61 Å². The first-order chi connectivity index (χ1) is 9.51. The molecular weight excluding hydrogens is 278 g/mol. The fourth-order valence-electron chi connectivity index (χ4n) is 1.57. The summed E-state index contributed by atoms with van der Waals surface area (Å²) in [4.78, 5) is 3.82. The third kappa shape index (κ3) is 3.53. The van der Waals surface area contributed by atoms with Gasteiger partial charge in [0.15, 0.2) is 0 Å². The van der Waals surface area contributed by atoms with Gasteiger partial charge in [-0.3, -0.25) is 0 Å². The molecule has 0 atom stereocenters. The van der Waals surface area contributed by atoms with E-state index < -0.39 is 10.0 Å². The van der Waals surface area contributed by atoms with Gasteiger partial charge in [0.1, 0.15) is 10.7 Å². The zero-order chi connectivity index (χ0) is 14.6. The number of sulfonamides is 1. The Morgan fingerprint density at radius 2 is 1.75 bits per heavy atom. The number of aliphatic hydroxyl groups excluding tert-OH is 1. The lowest BCUT2D eigenvalue weighted by Gasteiger charge is -2.07. The van der Waals surface area contributed by atoms with Crippen LogP contribution in [0.4, 0.5) is 5.82 Å². The molecule has 0 bridgehead atoms. The van der Waals surface area contributed by atoms with Gasteiger partial charge in [0.25, 0.3) is 0 Å². The van der Waals surface area contributed by atoms with Crippen LogP contribution in [-0.2, 0) is 23.2 Å². The van der Waals surface area contributed by atoms with Crippen LogP contribution in [0.1, 0.15) is 11.1 Å². The summed E-state index contributed by atoms with van der Waals surface area (Å²) in [7, 11) is -3.61. The molecule has 20 heavy (non-hydrogen) atoms. The van der Waals surface area contributed by atoms with Crippen LogP contribution in [-0.4, -0.2) is 18.5 Å². The number of hydrogen-bond acceptors (Lipinski definition) is 5.